The fraction of sp³-hybridized carbons (Fsp3) is 0.533. The number of alkyl halides is 1. The molecule has 3 atom stereocenters. The first kappa shape index (κ1) is 64.7. The van der Waals surface area contributed by atoms with Gasteiger partial charge in [-0.2, -0.15) is 0 Å². The molecule has 2 aromatic rings. The average molecular weight is 1050 g/mol. The van der Waals surface area contributed by atoms with Crippen molar-refractivity contribution in [3.8, 4) is 35.1 Å². The van der Waals surface area contributed by atoms with E-state index in [4.69, 9.17) is 37.9 Å². The van der Waals surface area contributed by atoms with Crippen molar-refractivity contribution in [2.75, 3.05) is 18.5 Å². The Morgan fingerprint density at radius 2 is 1.05 bits per heavy atom. The molecule has 2 aliphatic rings. The van der Waals surface area contributed by atoms with Crippen LogP contribution in [-0.2, 0) is 9.68 Å². The topological polar surface area (TPSA) is 165 Å². The van der Waals surface area contributed by atoms with Crippen LogP contribution in [0.15, 0.2) is 63.7 Å². The number of benzene rings is 2. The fourth-order valence-corrected chi connectivity index (χ4v) is 11.3. The van der Waals surface area contributed by atoms with Crippen molar-refractivity contribution in [2.45, 2.75) is 138 Å². The van der Waals surface area contributed by atoms with Crippen molar-refractivity contribution in [1.29, 1.82) is 10.5 Å². The minimum atomic E-state index is -0.181. The van der Waals surface area contributed by atoms with Gasteiger partial charge in [-0.25, -0.2) is 20.2 Å². The maximum Gasteiger partial charge on any atom is 1.00 e. The number of aromatic hydroxyl groups is 2. The van der Waals surface area contributed by atoms with Gasteiger partial charge in [0.1, 0.15) is 23.0 Å². The molecule has 2 heterocycles. The van der Waals surface area contributed by atoms with Crippen LogP contribution < -0.4 is 118 Å². The summed E-state index contributed by atoms with van der Waals surface area (Å²) in [4.78, 5) is 20.7. The molecular weight excluding hydrogens is 995 g/mol. The molecule has 2 aromatic carbocycles. The average Bonchev–Trinajstić information content (AvgIpc) is 3.95. The third-order valence-corrected chi connectivity index (χ3v) is 15.7. The van der Waals surface area contributed by atoms with Crippen LogP contribution >= 0.6 is 63.0 Å². The van der Waals surface area contributed by atoms with Crippen LogP contribution in [-0.4, -0.2) is 35.2 Å². The van der Waals surface area contributed by atoms with E-state index >= 15 is 0 Å². The Bertz CT molecular complexity index is 1800. The van der Waals surface area contributed by atoms with Gasteiger partial charge in [0.2, 0.25) is 0 Å². The molecule has 0 aliphatic carbocycles. The minimum Gasteiger partial charge on any atom is -1.00 e. The molecule has 3 unspecified atom stereocenters. The molecule has 0 spiro atoms. The monoisotopic (exact) mass is 1050 g/mol. The summed E-state index contributed by atoms with van der Waals surface area (Å²) in [6, 6.07) is 10.6. The van der Waals surface area contributed by atoms with Crippen molar-refractivity contribution in [2.24, 2.45) is 17.8 Å². The van der Waals surface area contributed by atoms with Gasteiger partial charge < -0.3 is 31.3 Å². The van der Waals surface area contributed by atoms with Gasteiger partial charge in [-0.05, 0) is 61.3 Å². The first-order chi connectivity index (χ1) is 29.5. The number of ether oxygens (including phenoxy) is 2. The van der Waals surface area contributed by atoms with Crippen LogP contribution in [0.5, 0.6) is 23.0 Å². The zero-order valence-corrected chi connectivity index (χ0v) is 49.1. The van der Waals surface area contributed by atoms with Gasteiger partial charge in [-0.1, -0.05) is 162 Å². The van der Waals surface area contributed by atoms with E-state index in [-0.39, 0.29) is 134 Å². The number of hydrogen-bond acceptors (Lipinski definition) is 13. The molecule has 334 valence electrons. The van der Waals surface area contributed by atoms with Crippen LogP contribution in [0.25, 0.3) is 9.69 Å². The first-order valence-electron chi connectivity index (χ1n) is 20.6. The molecular formula is C45H59BrK2N4O7S4. The Balaban J connectivity index is -0.000000964. The zero-order valence-electron chi connectivity index (χ0n) is 39.0. The van der Waals surface area contributed by atoms with Gasteiger partial charge in [0.15, 0.2) is 0 Å². The number of rotatable bonds is 20. The van der Waals surface area contributed by atoms with E-state index in [2.05, 4.69) is 72.0 Å². The van der Waals surface area contributed by atoms with Crippen molar-refractivity contribution in [1.82, 2.24) is 0 Å². The number of thioether (sulfide) groups is 4. The van der Waals surface area contributed by atoms with E-state index in [0.29, 0.717) is 39.1 Å². The normalized spacial score (nSPS) is 12.8. The number of carbonyl (C=O) groups excluding carboxylic acids is 1. The molecule has 0 saturated carbocycles. The molecule has 2 aliphatic heterocycles. The summed E-state index contributed by atoms with van der Waals surface area (Å²) in [5.74, 6) is 3.75. The van der Waals surface area contributed by atoms with E-state index in [0.717, 1.165) is 67.8 Å². The first-order valence-corrected chi connectivity index (χ1v) is 24.9. The summed E-state index contributed by atoms with van der Waals surface area (Å²) in [5.41, 5.74) is 0.113. The number of unbranched alkanes of at least 4 members (excludes halogenated alkanes) is 3. The number of carbonyl (C=O) groups is 1. The van der Waals surface area contributed by atoms with Crippen molar-refractivity contribution in [3.63, 3.8) is 0 Å². The van der Waals surface area contributed by atoms with Gasteiger partial charge in [-0.3, -0.25) is 4.79 Å². The Hall–Kier alpha value is -0.337. The Morgan fingerprint density at radius 1 is 0.714 bits per heavy atom. The second-order valence-corrected chi connectivity index (χ2v) is 19.1. The molecule has 4 rings (SSSR count). The third-order valence-electron chi connectivity index (χ3n) is 9.55. The molecule has 0 bridgehead atoms. The summed E-state index contributed by atoms with van der Waals surface area (Å²) < 4.78 is 13.8. The molecule has 0 radical (unpaired) electrons. The maximum absolute atomic E-state index is 9.57. The number of allylic oxidation sites excluding steroid dienone is 2. The van der Waals surface area contributed by atoms with Crippen molar-refractivity contribution < 1.29 is 139 Å². The molecule has 63 heavy (non-hydrogen) atoms. The standard InChI is InChI=1S/C26H36N2O2S2.C10H4N2O2S2.C8H17Br.CH2O3.2K.H/c1-6-10-12-19(8-3)17-29-22-14-15-23(30-18-20(9-4)13-11-7-2)25-24(22)31-26(32-25)21(16-27)28-5;1-12-5(4-11)10-15-8-6(13)2-3-7(14)9(8)16-10;1-3-5-6-8(4-2)7-9;2-1-4-3;;;/h14-15,19-20H,6-13,17-18H2,1-4H3;2-3,13-14H;8H,3-7H2,1-2H3;1,3H;;;/q;;;;2*+1;-1/p-1. The quantitative estimate of drug-likeness (QED) is 0.0194. The van der Waals surface area contributed by atoms with Gasteiger partial charge in [-0.15, -0.1) is 0 Å². The smallest absolute Gasteiger partial charge is 1.00 e. The van der Waals surface area contributed by atoms with Gasteiger partial charge >= 0.3 is 103 Å². The largest absolute Gasteiger partial charge is 1.00 e. The molecule has 0 fully saturated rings. The van der Waals surface area contributed by atoms with Crippen molar-refractivity contribution >= 4 is 69.4 Å². The van der Waals surface area contributed by atoms with E-state index in [1.54, 1.807) is 6.07 Å². The fourth-order valence-electron chi connectivity index (χ4n) is 5.62. The number of nitriles is 2. The van der Waals surface area contributed by atoms with Gasteiger partial charge in [0.05, 0.1) is 66.6 Å². The summed E-state index contributed by atoms with van der Waals surface area (Å²) in [6.07, 6.45) is 14.8. The van der Waals surface area contributed by atoms with E-state index in [1.165, 1.54) is 105 Å². The molecule has 0 saturated heterocycles. The predicted octanol–water partition coefficient (Wildman–Crippen LogP) is 7.75. The van der Waals surface area contributed by atoms with Crippen LogP contribution in [0.1, 0.15) is 120 Å². The molecule has 0 aromatic heterocycles. The number of phenolic OH excluding ortho intramolecular Hbond substituents is 2. The van der Waals surface area contributed by atoms with Gasteiger partial charge in [0.25, 0.3) is 17.9 Å². The van der Waals surface area contributed by atoms with Crippen LogP contribution in [0.4, 0.5) is 0 Å². The molecule has 18 heteroatoms. The number of hydrogen-bond donors (Lipinski definition) is 2. The Labute approximate surface area is 488 Å². The maximum atomic E-state index is 9.57. The third kappa shape index (κ3) is 23.5. The van der Waals surface area contributed by atoms with Crippen LogP contribution in [0.2, 0.25) is 0 Å². The second-order valence-electron chi connectivity index (χ2n) is 13.8. The molecule has 0 amide bonds. The number of fused-ring (bicyclic) bond motifs is 2. The van der Waals surface area contributed by atoms with E-state index in [1.807, 2.05) is 18.2 Å². The summed E-state index contributed by atoms with van der Waals surface area (Å²) in [5, 5.41) is 46.9. The second kappa shape index (κ2) is 39.6. The summed E-state index contributed by atoms with van der Waals surface area (Å²) >= 11 is 8.70. The SMILES string of the molecule is CCCCC(CC)CBr.O=CO[O-].[C-]#[N+]C(C#N)=C1Sc2c(O)ccc(O)c2S1.[C-]#[N+]C(C#N)=C1Sc2c(OCC(CC)CCCC)ccc(OCC(CC)CCCC)c2S1.[H-].[K+].[K+]. The van der Waals surface area contributed by atoms with Crippen LogP contribution in [0.3, 0.4) is 0 Å². The van der Waals surface area contributed by atoms with E-state index < -0.39 is 0 Å². The number of halogens is 1. The predicted molar refractivity (Wildman–Crippen MR) is 251 cm³/mol. The van der Waals surface area contributed by atoms with Crippen molar-refractivity contribution in [3.05, 3.63) is 67.0 Å². The number of phenols is 2. The molecule has 2 N–H and O–H groups in total. The minimum absolute atomic E-state index is 0. The van der Waals surface area contributed by atoms with E-state index in [9.17, 15) is 15.5 Å². The van der Waals surface area contributed by atoms with Crippen LogP contribution in [0, 0.1) is 53.6 Å². The number of nitrogens with zero attached hydrogens (tertiary/aromatic N) is 4. The molecule has 11 nitrogen and oxygen atoms in total. The summed E-state index contributed by atoms with van der Waals surface area (Å²) in [6.45, 7) is 28.8. The van der Waals surface area contributed by atoms with Gasteiger partial charge in [0, 0.05) is 5.33 Å². The Morgan fingerprint density at radius 3 is 1.32 bits per heavy atom. The zero-order chi connectivity index (χ0) is 45.6. The Kier molecular flexibility index (Phi) is 40.7. The summed E-state index contributed by atoms with van der Waals surface area (Å²) in [7, 11) is 0.